The van der Waals surface area contributed by atoms with E-state index in [-0.39, 0.29) is 32.4 Å². The molecule has 0 saturated carbocycles. The third kappa shape index (κ3) is 8.67. The zero-order valence-electron chi connectivity index (χ0n) is 15.8. The van der Waals surface area contributed by atoms with Crippen LogP contribution in [0.15, 0.2) is 30.3 Å². The lowest BCUT2D eigenvalue weighted by Gasteiger charge is -2.17. The van der Waals surface area contributed by atoms with E-state index in [1.54, 1.807) is 13.8 Å². The Balaban J connectivity index is 2.53. The SMILES string of the molecule is CCOP(=O)(CCCC[C@@H](C(=O)ON)C(=O)OCc1ccccc1)OCC. The lowest BCUT2D eigenvalue weighted by Crippen LogP contribution is -2.29. The third-order valence-electron chi connectivity index (χ3n) is 3.74. The van der Waals surface area contributed by atoms with Crippen molar-refractivity contribution in [3.8, 4) is 0 Å². The lowest BCUT2D eigenvalue weighted by atomic mass is 10.0. The first-order valence-corrected chi connectivity index (χ1v) is 10.7. The Morgan fingerprint density at radius 3 is 2.22 bits per heavy atom. The molecule has 9 heteroatoms. The number of benzene rings is 1. The first kappa shape index (κ1) is 23.3. The van der Waals surface area contributed by atoms with Gasteiger partial charge in [-0.25, -0.2) is 4.79 Å². The van der Waals surface area contributed by atoms with Crippen LogP contribution >= 0.6 is 7.60 Å². The van der Waals surface area contributed by atoms with Crippen LogP contribution in [0.5, 0.6) is 0 Å². The van der Waals surface area contributed by atoms with Crippen LogP contribution in [0, 0.1) is 5.92 Å². The van der Waals surface area contributed by atoms with Crippen molar-refractivity contribution < 1.29 is 32.8 Å². The summed E-state index contributed by atoms with van der Waals surface area (Å²) in [6.45, 7) is 4.09. The number of rotatable bonds is 13. The van der Waals surface area contributed by atoms with Gasteiger partial charge in [0.15, 0.2) is 5.92 Å². The molecule has 0 radical (unpaired) electrons. The van der Waals surface area contributed by atoms with Crippen molar-refractivity contribution in [2.45, 2.75) is 39.7 Å². The molecule has 0 unspecified atom stereocenters. The van der Waals surface area contributed by atoms with E-state index in [0.29, 0.717) is 12.8 Å². The van der Waals surface area contributed by atoms with Crippen molar-refractivity contribution in [2.75, 3.05) is 19.4 Å². The summed E-state index contributed by atoms with van der Waals surface area (Å²) in [5, 5.41) is 0. The monoisotopic (exact) mass is 401 g/mol. The summed E-state index contributed by atoms with van der Waals surface area (Å²) in [7, 11) is -3.14. The molecule has 1 aromatic rings. The van der Waals surface area contributed by atoms with E-state index in [0.717, 1.165) is 5.56 Å². The summed E-state index contributed by atoms with van der Waals surface area (Å²) in [4.78, 5) is 28.3. The average Bonchev–Trinajstić information content (AvgIpc) is 2.67. The van der Waals surface area contributed by atoms with E-state index in [2.05, 4.69) is 4.84 Å². The Morgan fingerprint density at radius 1 is 1.04 bits per heavy atom. The van der Waals surface area contributed by atoms with Gasteiger partial charge in [-0.3, -0.25) is 9.36 Å². The molecule has 0 amide bonds. The number of unbranched alkanes of at least 4 members (excludes halogenated alkanes) is 1. The van der Waals surface area contributed by atoms with Crippen LogP contribution in [0.25, 0.3) is 0 Å². The van der Waals surface area contributed by atoms with Crippen molar-refractivity contribution >= 4 is 19.5 Å². The molecule has 152 valence electrons. The fraction of sp³-hybridized carbons (Fsp3) is 0.556. The average molecular weight is 401 g/mol. The molecular formula is C18H28NO7P. The van der Waals surface area contributed by atoms with Crippen molar-refractivity contribution in [1.29, 1.82) is 0 Å². The molecule has 0 fully saturated rings. The first-order valence-electron chi connectivity index (χ1n) is 8.95. The summed E-state index contributed by atoms with van der Waals surface area (Å²) >= 11 is 0. The maximum Gasteiger partial charge on any atom is 0.338 e. The van der Waals surface area contributed by atoms with E-state index in [1.807, 2.05) is 30.3 Å². The molecule has 0 bridgehead atoms. The molecule has 2 N–H and O–H groups in total. The van der Waals surface area contributed by atoms with Crippen molar-refractivity contribution in [1.82, 2.24) is 0 Å². The van der Waals surface area contributed by atoms with Crippen LogP contribution in [0.3, 0.4) is 0 Å². The fourth-order valence-electron chi connectivity index (χ4n) is 2.46. The normalized spacial score (nSPS) is 12.4. The van der Waals surface area contributed by atoms with Crippen LogP contribution in [0.2, 0.25) is 0 Å². The third-order valence-corrected chi connectivity index (χ3v) is 5.90. The molecule has 0 heterocycles. The quantitative estimate of drug-likeness (QED) is 0.176. The second-order valence-corrected chi connectivity index (χ2v) is 7.93. The standard InChI is InChI=1S/C18H28NO7P/c1-3-24-27(22,25-4-2)13-9-8-12-16(18(21)26-19)17(20)23-14-15-10-6-5-7-11-15/h5-7,10-11,16H,3-4,8-9,12-14,19H2,1-2H3/t16-/m1/s1. The van der Waals surface area contributed by atoms with Gasteiger partial charge in [-0.1, -0.05) is 36.8 Å². The molecule has 8 nitrogen and oxygen atoms in total. The Hall–Kier alpha value is -1.73. The number of ether oxygens (including phenoxy) is 1. The second kappa shape index (κ2) is 12.6. The topological polar surface area (TPSA) is 114 Å². The molecule has 1 rings (SSSR count). The highest BCUT2D eigenvalue weighted by molar-refractivity contribution is 7.53. The maximum absolute atomic E-state index is 12.4. The van der Waals surface area contributed by atoms with E-state index < -0.39 is 25.5 Å². The minimum absolute atomic E-state index is 0.0535. The van der Waals surface area contributed by atoms with E-state index in [1.165, 1.54) is 0 Å². The number of carbonyl (C=O) groups excluding carboxylic acids is 2. The van der Waals surface area contributed by atoms with Gasteiger partial charge >= 0.3 is 19.5 Å². The predicted molar refractivity (Wildman–Crippen MR) is 99.6 cm³/mol. The second-order valence-electron chi connectivity index (χ2n) is 5.75. The highest BCUT2D eigenvalue weighted by atomic mass is 31.2. The molecular weight excluding hydrogens is 373 g/mol. The van der Waals surface area contributed by atoms with Gasteiger partial charge in [0.2, 0.25) is 0 Å². The molecule has 27 heavy (non-hydrogen) atoms. The van der Waals surface area contributed by atoms with Gasteiger partial charge in [-0.15, -0.1) is 0 Å². The number of hydrogen-bond donors (Lipinski definition) is 1. The smallest absolute Gasteiger partial charge is 0.338 e. The van der Waals surface area contributed by atoms with Crippen molar-refractivity contribution in [3.05, 3.63) is 35.9 Å². The maximum atomic E-state index is 12.4. The zero-order valence-corrected chi connectivity index (χ0v) is 16.7. The summed E-state index contributed by atoms with van der Waals surface area (Å²) in [6.07, 6.45) is 1.27. The summed E-state index contributed by atoms with van der Waals surface area (Å²) in [6, 6.07) is 9.11. The molecule has 0 spiro atoms. The van der Waals surface area contributed by atoms with Gasteiger partial charge < -0.3 is 18.6 Å². The Labute approximate surface area is 159 Å². The van der Waals surface area contributed by atoms with Gasteiger partial charge in [0, 0.05) is 0 Å². The lowest BCUT2D eigenvalue weighted by molar-refractivity contribution is -0.163. The van der Waals surface area contributed by atoms with E-state index >= 15 is 0 Å². The van der Waals surface area contributed by atoms with Crippen LogP contribution in [-0.4, -0.2) is 31.3 Å². The zero-order chi connectivity index (χ0) is 20.1. The summed E-state index contributed by atoms with van der Waals surface area (Å²) in [5.41, 5.74) is 0.806. The van der Waals surface area contributed by atoms with Crippen molar-refractivity contribution in [3.63, 3.8) is 0 Å². The number of carbonyl (C=O) groups is 2. The molecule has 0 aliphatic rings. The van der Waals surface area contributed by atoms with Crippen LogP contribution in [0.4, 0.5) is 0 Å². The molecule has 0 aromatic heterocycles. The van der Waals surface area contributed by atoms with Gasteiger partial charge in [0.05, 0.1) is 19.4 Å². The predicted octanol–water partition coefficient (Wildman–Crippen LogP) is 3.20. The Bertz CT molecular complexity index is 613. The van der Waals surface area contributed by atoms with Gasteiger partial charge in [-0.05, 0) is 32.3 Å². The highest BCUT2D eigenvalue weighted by Crippen LogP contribution is 2.48. The van der Waals surface area contributed by atoms with E-state index in [4.69, 9.17) is 19.7 Å². The van der Waals surface area contributed by atoms with Crippen LogP contribution in [-0.2, 0) is 39.4 Å². The first-order chi connectivity index (χ1) is 13.0. The highest BCUT2D eigenvalue weighted by Gasteiger charge is 2.30. The Morgan fingerprint density at radius 2 is 1.67 bits per heavy atom. The van der Waals surface area contributed by atoms with Gasteiger partial charge in [-0.2, -0.15) is 5.90 Å². The summed E-state index contributed by atoms with van der Waals surface area (Å²) < 4.78 is 28.0. The van der Waals surface area contributed by atoms with Crippen molar-refractivity contribution in [2.24, 2.45) is 11.8 Å². The molecule has 0 aliphatic heterocycles. The molecule has 0 saturated heterocycles. The minimum Gasteiger partial charge on any atom is -0.460 e. The van der Waals surface area contributed by atoms with E-state index in [9.17, 15) is 14.2 Å². The fourth-order valence-corrected chi connectivity index (χ4v) is 4.19. The van der Waals surface area contributed by atoms with Crippen LogP contribution < -0.4 is 5.90 Å². The van der Waals surface area contributed by atoms with Crippen LogP contribution in [0.1, 0.15) is 38.7 Å². The Kier molecular flexibility index (Phi) is 10.9. The van der Waals surface area contributed by atoms with Gasteiger partial charge in [0.25, 0.3) is 0 Å². The number of hydrogen-bond acceptors (Lipinski definition) is 8. The van der Waals surface area contributed by atoms with Gasteiger partial charge in [0.1, 0.15) is 6.61 Å². The summed E-state index contributed by atoms with van der Waals surface area (Å²) in [5.74, 6) is 2.24. The number of nitrogens with two attached hydrogens (primary N) is 1. The molecule has 1 atom stereocenters. The number of esters is 1. The molecule has 0 aliphatic carbocycles. The largest absolute Gasteiger partial charge is 0.460 e. The minimum atomic E-state index is -3.14. The molecule has 1 aromatic carbocycles.